The van der Waals surface area contributed by atoms with Gasteiger partial charge in [-0.1, -0.05) is 6.58 Å². The van der Waals surface area contributed by atoms with Crippen LogP contribution in [0.3, 0.4) is 0 Å². The molecule has 1 unspecified atom stereocenters. The molecule has 1 atom stereocenters. The van der Waals surface area contributed by atoms with Crippen molar-refractivity contribution in [3.63, 3.8) is 0 Å². The van der Waals surface area contributed by atoms with E-state index in [1.165, 1.54) is 7.05 Å². The summed E-state index contributed by atoms with van der Waals surface area (Å²) in [6, 6.07) is 0. The maximum Gasteiger partial charge on any atom is 0.587 e. The Balaban J connectivity index is 4.01. The Morgan fingerprint density at radius 1 is 1.82 bits per heavy atom. The predicted molar refractivity (Wildman–Crippen MR) is 36.6 cm³/mol. The van der Waals surface area contributed by atoms with Crippen LogP contribution in [0.4, 0.5) is 4.79 Å². The van der Waals surface area contributed by atoms with E-state index in [0.717, 1.165) is 0 Å². The third kappa shape index (κ3) is 4.41. The van der Waals surface area contributed by atoms with E-state index in [9.17, 15) is 9.36 Å². The molecule has 0 saturated carbocycles. The molecular formula is C4H8NO5P. The number of phosphoric acid groups is 1. The molecular weight excluding hydrogens is 173 g/mol. The highest BCUT2D eigenvalue weighted by Crippen LogP contribution is 2.43. The standard InChI is InChI=1S/C4H8NO5P/c1-3-9-11(7,8)10-4(6)5-2/h3H,1H2,2H3,(H,5,6)(H,7,8). The summed E-state index contributed by atoms with van der Waals surface area (Å²) >= 11 is 0. The van der Waals surface area contributed by atoms with Crippen LogP contribution in [0.1, 0.15) is 0 Å². The number of carbonyl (C=O) groups is 1. The van der Waals surface area contributed by atoms with Gasteiger partial charge in [-0.25, -0.2) is 9.36 Å². The summed E-state index contributed by atoms with van der Waals surface area (Å²) in [6.45, 7) is 3.01. The maximum atomic E-state index is 10.6. The first kappa shape index (κ1) is 10.0. The number of carbonyl (C=O) groups excluding carboxylic acids is 1. The monoisotopic (exact) mass is 181 g/mol. The first-order valence-corrected chi connectivity index (χ1v) is 4.05. The molecule has 2 N–H and O–H groups in total. The summed E-state index contributed by atoms with van der Waals surface area (Å²) < 4.78 is 18.5. The molecule has 0 rings (SSSR count). The molecule has 0 aromatic heterocycles. The lowest BCUT2D eigenvalue weighted by molar-refractivity contribution is 0.175. The van der Waals surface area contributed by atoms with Gasteiger partial charge in [-0.05, 0) is 0 Å². The molecule has 64 valence electrons. The van der Waals surface area contributed by atoms with E-state index in [4.69, 9.17) is 4.89 Å². The van der Waals surface area contributed by atoms with Gasteiger partial charge in [-0.15, -0.1) is 0 Å². The number of nitrogens with one attached hydrogen (secondary N) is 1. The summed E-state index contributed by atoms with van der Waals surface area (Å²) in [5.74, 6) is 0. The fourth-order valence-corrected chi connectivity index (χ4v) is 0.798. The molecule has 0 heterocycles. The summed E-state index contributed by atoms with van der Waals surface area (Å²) in [4.78, 5) is 18.9. The van der Waals surface area contributed by atoms with E-state index < -0.39 is 13.9 Å². The molecule has 0 aromatic carbocycles. The van der Waals surface area contributed by atoms with Crippen LogP contribution in [0.15, 0.2) is 12.8 Å². The highest BCUT2D eigenvalue weighted by atomic mass is 31.2. The molecule has 0 aliphatic heterocycles. The molecule has 0 bridgehead atoms. The zero-order chi connectivity index (χ0) is 8.91. The predicted octanol–water partition coefficient (Wildman–Crippen LogP) is 0.603. The molecule has 11 heavy (non-hydrogen) atoms. The van der Waals surface area contributed by atoms with Crippen molar-refractivity contribution in [3.8, 4) is 0 Å². The second kappa shape index (κ2) is 4.00. The minimum absolute atomic E-state index is 0.712. The summed E-state index contributed by atoms with van der Waals surface area (Å²) in [5, 5.41) is 1.97. The number of phosphoric ester groups is 1. The van der Waals surface area contributed by atoms with Crippen molar-refractivity contribution >= 4 is 13.9 Å². The van der Waals surface area contributed by atoms with E-state index in [-0.39, 0.29) is 0 Å². The molecule has 0 saturated heterocycles. The molecule has 1 amide bonds. The molecule has 0 spiro atoms. The number of rotatable bonds is 3. The van der Waals surface area contributed by atoms with Gasteiger partial charge in [0.25, 0.3) is 0 Å². The zero-order valence-corrected chi connectivity index (χ0v) is 6.71. The Bertz CT molecular complexity index is 203. The fraction of sp³-hybridized carbons (Fsp3) is 0.250. The summed E-state index contributed by atoms with van der Waals surface area (Å²) in [7, 11) is -3.05. The van der Waals surface area contributed by atoms with Crippen LogP contribution in [-0.4, -0.2) is 18.0 Å². The highest BCUT2D eigenvalue weighted by Gasteiger charge is 2.25. The molecule has 7 heteroatoms. The highest BCUT2D eigenvalue weighted by molar-refractivity contribution is 7.48. The molecule has 0 fully saturated rings. The van der Waals surface area contributed by atoms with Gasteiger partial charge < -0.3 is 14.4 Å². The van der Waals surface area contributed by atoms with Crippen molar-refractivity contribution in [2.24, 2.45) is 0 Å². The van der Waals surface area contributed by atoms with Gasteiger partial charge >= 0.3 is 13.9 Å². The van der Waals surface area contributed by atoms with Crippen LogP contribution in [-0.2, 0) is 13.6 Å². The molecule has 0 aliphatic rings. The molecule has 0 aromatic rings. The minimum atomic E-state index is -4.30. The first-order chi connectivity index (χ1) is 5.02. The number of amides is 1. The van der Waals surface area contributed by atoms with Crippen molar-refractivity contribution in [1.82, 2.24) is 5.32 Å². The van der Waals surface area contributed by atoms with Crippen LogP contribution in [0.2, 0.25) is 0 Å². The minimum Gasteiger partial charge on any atom is -0.404 e. The lowest BCUT2D eigenvalue weighted by atomic mass is 11.1. The Labute approximate surface area is 63.4 Å². The van der Waals surface area contributed by atoms with Gasteiger partial charge in [0.05, 0.1) is 6.26 Å². The molecule has 0 radical (unpaired) electrons. The Morgan fingerprint density at radius 3 is 2.73 bits per heavy atom. The number of hydrogen-bond donors (Lipinski definition) is 2. The summed E-state index contributed by atoms with van der Waals surface area (Å²) in [5.41, 5.74) is 0. The van der Waals surface area contributed by atoms with Gasteiger partial charge in [0.15, 0.2) is 0 Å². The van der Waals surface area contributed by atoms with Gasteiger partial charge in [0, 0.05) is 7.05 Å². The van der Waals surface area contributed by atoms with E-state index in [1.807, 2.05) is 5.32 Å². The molecule has 6 nitrogen and oxygen atoms in total. The second-order valence-electron chi connectivity index (χ2n) is 1.37. The largest absolute Gasteiger partial charge is 0.587 e. The Kier molecular flexibility index (Phi) is 3.64. The van der Waals surface area contributed by atoms with E-state index >= 15 is 0 Å². The van der Waals surface area contributed by atoms with Crippen LogP contribution >= 0.6 is 7.82 Å². The summed E-state index contributed by atoms with van der Waals surface area (Å²) in [6.07, 6.45) is -0.332. The smallest absolute Gasteiger partial charge is 0.404 e. The second-order valence-corrected chi connectivity index (χ2v) is 2.70. The van der Waals surface area contributed by atoms with Crippen molar-refractivity contribution in [1.29, 1.82) is 0 Å². The quantitative estimate of drug-likeness (QED) is 0.492. The normalized spacial score (nSPS) is 14.4. The maximum absolute atomic E-state index is 10.6. The van der Waals surface area contributed by atoms with Crippen LogP contribution in [0.5, 0.6) is 0 Å². The van der Waals surface area contributed by atoms with Crippen LogP contribution in [0.25, 0.3) is 0 Å². The van der Waals surface area contributed by atoms with E-state index in [0.29, 0.717) is 6.26 Å². The average molecular weight is 181 g/mol. The molecule has 0 aliphatic carbocycles. The van der Waals surface area contributed by atoms with E-state index in [2.05, 4.69) is 15.6 Å². The fourth-order valence-electron chi connectivity index (χ4n) is 0.266. The lowest BCUT2D eigenvalue weighted by Crippen LogP contribution is -2.17. The van der Waals surface area contributed by atoms with E-state index in [1.54, 1.807) is 0 Å². The SMILES string of the molecule is C=COP(=O)(O)OC(=O)NC. The van der Waals surface area contributed by atoms with Gasteiger partial charge in [-0.3, -0.25) is 4.89 Å². The van der Waals surface area contributed by atoms with Crippen LogP contribution < -0.4 is 5.32 Å². The van der Waals surface area contributed by atoms with Gasteiger partial charge in [-0.2, -0.15) is 0 Å². The van der Waals surface area contributed by atoms with Crippen molar-refractivity contribution < 1.29 is 23.3 Å². The average Bonchev–Trinajstić information content (AvgIpc) is 1.86. The van der Waals surface area contributed by atoms with Crippen molar-refractivity contribution in [3.05, 3.63) is 12.8 Å². The van der Waals surface area contributed by atoms with Crippen LogP contribution in [0, 0.1) is 0 Å². The zero-order valence-electron chi connectivity index (χ0n) is 5.81. The van der Waals surface area contributed by atoms with Gasteiger partial charge in [0.1, 0.15) is 0 Å². The lowest BCUT2D eigenvalue weighted by Gasteiger charge is -2.07. The Morgan fingerprint density at radius 2 is 2.36 bits per heavy atom. The van der Waals surface area contributed by atoms with Gasteiger partial charge in [0.2, 0.25) is 0 Å². The first-order valence-electron chi connectivity index (χ1n) is 2.55. The third-order valence-electron chi connectivity index (χ3n) is 0.610. The number of hydrogen-bond acceptors (Lipinski definition) is 4. The Hall–Kier alpha value is -1.00. The third-order valence-corrected chi connectivity index (χ3v) is 1.42. The van der Waals surface area contributed by atoms with Crippen molar-refractivity contribution in [2.75, 3.05) is 7.05 Å². The topological polar surface area (TPSA) is 84.9 Å². The van der Waals surface area contributed by atoms with Crippen molar-refractivity contribution in [2.45, 2.75) is 0 Å².